The minimum atomic E-state index is -1.36. The number of carboxylic acid groups (broad SMARTS) is 1. The molecule has 0 saturated carbocycles. The van der Waals surface area contributed by atoms with Crippen molar-refractivity contribution in [3.8, 4) is 5.75 Å². The second-order valence-corrected chi connectivity index (χ2v) is 13.8. The lowest BCUT2D eigenvalue weighted by Gasteiger charge is -2.25. The third-order valence-corrected chi connectivity index (χ3v) is 4.81. The Labute approximate surface area is 279 Å². The van der Waals surface area contributed by atoms with Crippen LogP contribution >= 0.6 is 0 Å². The Bertz CT molecular complexity index is 1180. The highest BCUT2D eigenvalue weighted by Crippen LogP contribution is 2.17. The van der Waals surface area contributed by atoms with E-state index in [4.69, 9.17) is 19.3 Å². The molecular formula is C33H56N4O10. The molecule has 0 heterocycles. The first-order chi connectivity index (χ1) is 21.2. The number of aliphatic carboxylic acids is 1. The van der Waals surface area contributed by atoms with E-state index in [-0.39, 0.29) is 17.2 Å². The summed E-state index contributed by atoms with van der Waals surface area (Å²) < 4.78 is 15.6. The van der Waals surface area contributed by atoms with Crippen molar-refractivity contribution < 1.29 is 48.1 Å². The third kappa shape index (κ3) is 27.7. The summed E-state index contributed by atoms with van der Waals surface area (Å²) in [5, 5.41) is 17.4. The van der Waals surface area contributed by atoms with Gasteiger partial charge in [0, 0.05) is 6.42 Å². The van der Waals surface area contributed by atoms with Gasteiger partial charge in [0.05, 0.1) is 6.54 Å². The molecule has 0 radical (unpaired) electrons. The van der Waals surface area contributed by atoms with E-state index in [1.165, 1.54) is 19.4 Å². The highest BCUT2D eigenvalue weighted by molar-refractivity contribution is 5.94. The average molecular weight is 669 g/mol. The van der Waals surface area contributed by atoms with Crippen molar-refractivity contribution in [1.29, 1.82) is 0 Å². The van der Waals surface area contributed by atoms with E-state index in [0.717, 1.165) is 5.75 Å². The predicted molar refractivity (Wildman–Crippen MR) is 178 cm³/mol. The van der Waals surface area contributed by atoms with Crippen LogP contribution in [0.25, 0.3) is 0 Å². The number of hydrogen-bond donors (Lipinski definition) is 5. The fourth-order valence-electron chi connectivity index (χ4n) is 2.91. The number of benzene rings is 1. The number of alkyl carbamates (subject to hydrolysis) is 1. The van der Waals surface area contributed by atoms with Gasteiger partial charge in [0.25, 0.3) is 0 Å². The molecule has 0 spiro atoms. The van der Waals surface area contributed by atoms with Crippen LogP contribution in [0.4, 0.5) is 4.79 Å². The van der Waals surface area contributed by atoms with Gasteiger partial charge in [-0.3, -0.25) is 24.0 Å². The maximum atomic E-state index is 12.0. The molecule has 0 fully saturated rings. The number of amides is 4. The molecule has 0 unspecified atom stereocenters. The Kier molecular flexibility index (Phi) is 19.0. The van der Waals surface area contributed by atoms with Crippen LogP contribution in [-0.2, 0) is 33.4 Å². The summed E-state index contributed by atoms with van der Waals surface area (Å²) in [6.07, 6.45) is -0.318. The molecule has 0 aliphatic rings. The third-order valence-electron chi connectivity index (χ3n) is 4.81. The van der Waals surface area contributed by atoms with E-state index in [1.807, 2.05) is 53.7 Å². The molecule has 268 valence electrons. The summed E-state index contributed by atoms with van der Waals surface area (Å²) in [6, 6.07) is 8.11. The topological polar surface area (TPSA) is 198 Å². The zero-order chi connectivity index (χ0) is 37.2. The molecule has 0 saturated heterocycles. The van der Waals surface area contributed by atoms with Crippen molar-refractivity contribution in [3.05, 3.63) is 29.8 Å². The van der Waals surface area contributed by atoms with Crippen LogP contribution in [0.2, 0.25) is 0 Å². The lowest BCUT2D eigenvalue weighted by Crippen LogP contribution is -2.57. The molecule has 47 heavy (non-hydrogen) atoms. The second-order valence-electron chi connectivity index (χ2n) is 13.8. The number of carbonyl (C=O) groups excluding carboxylic acids is 5. The van der Waals surface area contributed by atoms with Gasteiger partial charge in [0.1, 0.15) is 41.2 Å². The maximum absolute atomic E-state index is 12.0. The van der Waals surface area contributed by atoms with Gasteiger partial charge < -0.3 is 40.6 Å². The summed E-state index contributed by atoms with van der Waals surface area (Å²) in [5.74, 6) is -2.39. The molecule has 0 aliphatic carbocycles. The number of aryl methyl sites for hydroxylation is 1. The zero-order valence-corrected chi connectivity index (χ0v) is 30.3. The maximum Gasteiger partial charge on any atom is 0.408 e. The lowest BCUT2D eigenvalue weighted by molar-refractivity contribution is -0.154. The van der Waals surface area contributed by atoms with Crippen molar-refractivity contribution in [1.82, 2.24) is 21.3 Å². The summed E-state index contributed by atoms with van der Waals surface area (Å²) in [4.78, 5) is 67.6. The molecule has 1 aromatic carbocycles. The highest BCUT2D eigenvalue weighted by Gasteiger charge is 2.30. The van der Waals surface area contributed by atoms with E-state index < -0.39 is 60.6 Å². The van der Waals surface area contributed by atoms with Crippen LogP contribution < -0.4 is 26.0 Å². The fourth-order valence-corrected chi connectivity index (χ4v) is 2.91. The zero-order valence-electron chi connectivity index (χ0n) is 30.3. The van der Waals surface area contributed by atoms with Crippen molar-refractivity contribution in [3.63, 3.8) is 0 Å². The van der Waals surface area contributed by atoms with Crippen LogP contribution in [-0.4, -0.2) is 82.8 Å². The number of nitrogens with one attached hydrogen (secondary N) is 4. The van der Waals surface area contributed by atoms with Gasteiger partial charge in [-0.25, -0.2) is 4.79 Å². The highest BCUT2D eigenvalue weighted by atomic mass is 16.6. The molecular weight excluding hydrogens is 612 g/mol. The summed E-state index contributed by atoms with van der Waals surface area (Å²) >= 11 is 0. The number of hydrogen-bond acceptors (Lipinski definition) is 9. The minimum absolute atomic E-state index is 0.102. The molecule has 14 nitrogen and oxygen atoms in total. The Hall–Kier alpha value is -4.36. The van der Waals surface area contributed by atoms with Gasteiger partial charge in [-0.1, -0.05) is 24.6 Å². The molecule has 0 atom stereocenters. The number of rotatable bonds is 10. The first-order valence-electron chi connectivity index (χ1n) is 15.2. The largest absolute Gasteiger partial charge is 0.488 e. The SMILES string of the molecule is CC(C)(C)OC(=O)NCC(=O)NC(C)(C)C(=O)NCC(=O)NCC(=O)O.CCC(=O)OC(C)(C)C.Cc1ccc(OC(C)(C)C)cc1. The van der Waals surface area contributed by atoms with Crippen molar-refractivity contribution in [2.75, 3.05) is 19.6 Å². The molecule has 14 heteroatoms. The lowest BCUT2D eigenvalue weighted by atomic mass is 10.0. The second kappa shape index (κ2) is 20.0. The van der Waals surface area contributed by atoms with Gasteiger partial charge in [-0.2, -0.15) is 0 Å². The monoisotopic (exact) mass is 668 g/mol. The summed E-state index contributed by atoms with van der Waals surface area (Å²) in [6.45, 7) is 22.0. The van der Waals surface area contributed by atoms with E-state index in [1.54, 1.807) is 27.7 Å². The quantitative estimate of drug-likeness (QED) is 0.230. The van der Waals surface area contributed by atoms with Crippen molar-refractivity contribution >= 4 is 35.8 Å². The van der Waals surface area contributed by atoms with Crippen molar-refractivity contribution in [2.45, 2.75) is 119 Å². The molecule has 4 amide bonds. The number of esters is 1. The van der Waals surface area contributed by atoms with E-state index in [9.17, 15) is 28.8 Å². The average Bonchev–Trinajstić information content (AvgIpc) is 2.88. The molecule has 5 N–H and O–H groups in total. The van der Waals surface area contributed by atoms with Gasteiger partial charge >= 0.3 is 18.0 Å². The van der Waals surface area contributed by atoms with Crippen LogP contribution in [0, 0.1) is 6.92 Å². The van der Waals surface area contributed by atoms with Crippen LogP contribution in [0.5, 0.6) is 5.75 Å². The van der Waals surface area contributed by atoms with E-state index in [0.29, 0.717) is 6.42 Å². The van der Waals surface area contributed by atoms with Crippen LogP contribution in [0.1, 0.15) is 95.1 Å². The Morgan fingerprint density at radius 2 is 1.15 bits per heavy atom. The summed E-state index contributed by atoms with van der Waals surface area (Å²) in [7, 11) is 0. The molecule has 1 rings (SSSR count). The number of carboxylic acids is 1. The molecule has 1 aromatic rings. The Morgan fingerprint density at radius 3 is 1.55 bits per heavy atom. The van der Waals surface area contributed by atoms with E-state index in [2.05, 4.69) is 40.3 Å². The van der Waals surface area contributed by atoms with Crippen molar-refractivity contribution in [2.24, 2.45) is 0 Å². The van der Waals surface area contributed by atoms with Crippen LogP contribution in [0.15, 0.2) is 24.3 Å². The number of carbonyl (C=O) groups is 6. The van der Waals surface area contributed by atoms with Gasteiger partial charge in [-0.05, 0) is 95.2 Å². The minimum Gasteiger partial charge on any atom is -0.488 e. The normalized spacial score (nSPS) is 11.2. The van der Waals surface area contributed by atoms with Gasteiger partial charge in [-0.15, -0.1) is 0 Å². The van der Waals surface area contributed by atoms with Gasteiger partial charge in [0.15, 0.2) is 0 Å². The molecule has 0 aromatic heterocycles. The Morgan fingerprint density at radius 1 is 0.660 bits per heavy atom. The Balaban J connectivity index is 0. The van der Waals surface area contributed by atoms with Gasteiger partial charge in [0.2, 0.25) is 17.7 Å². The van der Waals surface area contributed by atoms with E-state index >= 15 is 0 Å². The first kappa shape index (κ1) is 44.8. The standard InChI is InChI=1S/C15H26N4O7.C11H16O.C7H14O2/c1-14(2,3)26-13(25)18-7-10(21)19-15(4,5)12(24)17-6-9(20)16-8-11(22)23;1-9-5-7-10(8-6-9)12-11(2,3)4;1-5-6(8)9-7(2,3)4/h6-8H2,1-5H3,(H,16,20)(H,17,24)(H,18,25)(H,19,21)(H,22,23);5-8H,1-4H3;5H2,1-4H3. The predicted octanol–water partition coefficient (Wildman–Crippen LogP) is 3.63. The summed E-state index contributed by atoms with van der Waals surface area (Å²) in [5.41, 5.74) is -1.24. The van der Waals surface area contributed by atoms with Crippen LogP contribution in [0.3, 0.4) is 0 Å². The first-order valence-corrected chi connectivity index (χ1v) is 15.2. The smallest absolute Gasteiger partial charge is 0.408 e. The molecule has 0 bridgehead atoms. The fraction of sp³-hybridized carbons (Fsp3) is 0.636. The molecule has 0 aliphatic heterocycles. The number of ether oxygens (including phenoxy) is 3.